The Morgan fingerprint density at radius 1 is 0.829 bits per heavy atom. The molecule has 184 valence electrons. The zero-order chi connectivity index (χ0) is 24.5. The fourth-order valence-electron chi connectivity index (χ4n) is 5.74. The number of halogens is 1. The van der Waals surface area contributed by atoms with Crippen molar-refractivity contribution in [1.29, 1.82) is 0 Å². The van der Waals surface area contributed by atoms with Gasteiger partial charge < -0.3 is 0 Å². The summed E-state index contributed by atoms with van der Waals surface area (Å²) in [6.07, 6.45) is 15.0. The molecule has 0 nitrogen and oxygen atoms in total. The summed E-state index contributed by atoms with van der Waals surface area (Å²) in [6.45, 7) is 4.39. The lowest BCUT2D eigenvalue weighted by atomic mass is 9.75. The summed E-state index contributed by atoms with van der Waals surface area (Å²) in [6, 6.07) is 25.5. The molecule has 0 N–H and O–H groups in total. The van der Waals surface area contributed by atoms with Crippen molar-refractivity contribution >= 4 is 0 Å². The number of benzene rings is 3. The van der Waals surface area contributed by atoms with Gasteiger partial charge in [0.25, 0.3) is 0 Å². The highest BCUT2D eigenvalue weighted by atomic mass is 19.1. The topological polar surface area (TPSA) is 0 Å². The number of rotatable bonds is 10. The highest BCUT2D eigenvalue weighted by Gasteiger charge is 2.23. The standard InChI is InChI=1S/C34H41F/c1-3-4-6-11-32-22-23-33(25-34(32)35)31-20-18-28(19-21-31)13-12-27-14-16-29(17-15-27)24-26(2)30-9-7-5-8-10-30/h3-5,7-10,18-23,25-27,29H,6,11-17,24H2,1-2H3/b4-3+. The van der Waals surface area contributed by atoms with Gasteiger partial charge in [-0.25, -0.2) is 4.39 Å². The van der Waals surface area contributed by atoms with Crippen LogP contribution in [0, 0.1) is 17.7 Å². The average Bonchev–Trinajstić information content (AvgIpc) is 2.90. The summed E-state index contributed by atoms with van der Waals surface area (Å²) in [5, 5.41) is 0. The number of hydrogen-bond donors (Lipinski definition) is 0. The van der Waals surface area contributed by atoms with E-state index in [0.29, 0.717) is 5.92 Å². The number of allylic oxidation sites excluding steroid dienone is 2. The van der Waals surface area contributed by atoms with E-state index in [2.05, 4.69) is 73.7 Å². The summed E-state index contributed by atoms with van der Waals surface area (Å²) in [5.74, 6) is 2.32. The van der Waals surface area contributed by atoms with E-state index >= 15 is 0 Å². The van der Waals surface area contributed by atoms with E-state index in [4.69, 9.17) is 0 Å². The van der Waals surface area contributed by atoms with E-state index in [9.17, 15) is 4.39 Å². The first-order valence-corrected chi connectivity index (χ1v) is 13.7. The van der Waals surface area contributed by atoms with E-state index in [1.165, 1.54) is 49.7 Å². The Balaban J connectivity index is 1.22. The average molecular weight is 469 g/mol. The molecule has 0 spiro atoms. The van der Waals surface area contributed by atoms with Crippen molar-refractivity contribution in [1.82, 2.24) is 0 Å². The van der Waals surface area contributed by atoms with Gasteiger partial charge in [-0.1, -0.05) is 111 Å². The molecule has 1 fully saturated rings. The van der Waals surface area contributed by atoms with Crippen molar-refractivity contribution in [2.75, 3.05) is 0 Å². The third-order valence-corrected chi connectivity index (χ3v) is 8.02. The molecule has 0 aromatic heterocycles. The lowest BCUT2D eigenvalue weighted by Crippen LogP contribution is -2.16. The molecule has 1 heteroatoms. The van der Waals surface area contributed by atoms with Crippen LogP contribution in [-0.4, -0.2) is 0 Å². The fraction of sp³-hybridized carbons (Fsp3) is 0.412. The minimum atomic E-state index is -0.0927. The molecule has 0 aliphatic heterocycles. The Kier molecular flexibility index (Phi) is 9.35. The largest absolute Gasteiger partial charge is 0.207 e. The van der Waals surface area contributed by atoms with Crippen LogP contribution in [0.15, 0.2) is 84.9 Å². The predicted molar refractivity (Wildman–Crippen MR) is 148 cm³/mol. The number of hydrogen-bond acceptors (Lipinski definition) is 0. The maximum absolute atomic E-state index is 14.5. The molecule has 0 radical (unpaired) electrons. The molecule has 1 saturated carbocycles. The lowest BCUT2D eigenvalue weighted by Gasteiger charge is -2.30. The summed E-state index contributed by atoms with van der Waals surface area (Å²) in [4.78, 5) is 0. The first-order valence-electron chi connectivity index (χ1n) is 13.7. The predicted octanol–water partition coefficient (Wildman–Crippen LogP) is 9.93. The Labute approximate surface area is 212 Å². The van der Waals surface area contributed by atoms with E-state index < -0.39 is 0 Å². The van der Waals surface area contributed by atoms with Gasteiger partial charge in [-0.15, -0.1) is 0 Å². The molecule has 3 aromatic carbocycles. The fourth-order valence-corrected chi connectivity index (χ4v) is 5.74. The van der Waals surface area contributed by atoms with Crippen LogP contribution < -0.4 is 0 Å². The molecule has 1 aliphatic carbocycles. The monoisotopic (exact) mass is 468 g/mol. The Hall–Kier alpha value is -2.67. The molecular weight excluding hydrogens is 427 g/mol. The molecular formula is C34H41F. The third-order valence-electron chi connectivity index (χ3n) is 8.02. The van der Waals surface area contributed by atoms with Gasteiger partial charge in [-0.3, -0.25) is 0 Å². The maximum atomic E-state index is 14.5. The van der Waals surface area contributed by atoms with Crippen molar-refractivity contribution in [3.05, 3.63) is 107 Å². The molecule has 0 amide bonds. The maximum Gasteiger partial charge on any atom is 0.127 e. The summed E-state index contributed by atoms with van der Waals surface area (Å²) in [5.41, 5.74) is 5.75. The SMILES string of the molecule is C/C=C/CCc1ccc(-c2ccc(CCC3CCC(CC(C)c4ccccc4)CC3)cc2)cc1F. The van der Waals surface area contributed by atoms with E-state index in [1.807, 2.05) is 19.1 Å². The van der Waals surface area contributed by atoms with Crippen LogP contribution in [0.3, 0.4) is 0 Å². The Morgan fingerprint density at radius 2 is 1.51 bits per heavy atom. The van der Waals surface area contributed by atoms with E-state index in [0.717, 1.165) is 47.8 Å². The van der Waals surface area contributed by atoms with Crippen molar-refractivity contribution in [2.24, 2.45) is 11.8 Å². The zero-order valence-electron chi connectivity index (χ0n) is 21.6. The van der Waals surface area contributed by atoms with Gasteiger partial charge in [0, 0.05) is 0 Å². The van der Waals surface area contributed by atoms with Gasteiger partial charge in [-0.05, 0) is 90.7 Å². The van der Waals surface area contributed by atoms with Gasteiger partial charge in [0.2, 0.25) is 0 Å². The first-order chi connectivity index (χ1) is 17.1. The third kappa shape index (κ3) is 7.40. The normalized spacial score (nSPS) is 19.2. The van der Waals surface area contributed by atoms with Crippen LogP contribution in [0.4, 0.5) is 4.39 Å². The van der Waals surface area contributed by atoms with Crippen LogP contribution in [-0.2, 0) is 12.8 Å². The molecule has 1 aliphatic rings. The van der Waals surface area contributed by atoms with Crippen molar-refractivity contribution in [3.8, 4) is 11.1 Å². The minimum Gasteiger partial charge on any atom is -0.207 e. The van der Waals surface area contributed by atoms with Gasteiger partial charge in [0.15, 0.2) is 0 Å². The van der Waals surface area contributed by atoms with Gasteiger partial charge in [0.1, 0.15) is 5.82 Å². The van der Waals surface area contributed by atoms with Crippen LogP contribution in [0.1, 0.15) is 81.4 Å². The van der Waals surface area contributed by atoms with Crippen LogP contribution in [0.2, 0.25) is 0 Å². The highest BCUT2D eigenvalue weighted by Crippen LogP contribution is 2.37. The molecule has 1 atom stereocenters. The van der Waals surface area contributed by atoms with Gasteiger partial charge >= 0.3 is 0 Å². The highest BCUT2D eigenvalue weighted by molar-refractivity contribution is 5.64. The lowest BCUT2D eigenvalue weighted by molar-refractivity contribution is 0.245. The Morgan fingerprint density at radius 3 is 2.20 bits per heavy atom. The van der Waals surface area contributed by atoms with Crippen LogP contribution in [0.25, 0.3) is 11.1 Å². The van der Waals surface area contributed by atoms with Crippen molar-refractivity contribution < 1.29 is 4.39 Å². The molecule has 0 heterocycles. The van der Waals surface area contributed by atoms with Crippen LogP contribution >= 0.6 is 0 Å². The quantitative estimate of drug-likeness (QED) is 0.260. The number of aryl methyl sites for hydroxylation is 2. The minimum absolute atomic E-state index is 0.0927. The second kappa shape index (κ2) is 12.9. The van der Waals surface area contributed by atoms with Gasteiger partial charge in [-0.2, -0.15) is 0 Å². The molecule has 0 saturated heterocycles. The zero-order valence-corrected chi connectivity index (χ0v) is 21.6. The van der Waals surface area contributed by atoms with Gasteiger partial charge in [0.05, 0.1) is 0 Å². The molecule has 0 bridgehead atoms. The molecule has 4 rings (SSSR count). The smallest absolute Gasteiger partial charge is 0.127 e. The molecule has 3 aromatic rings. The summed E-state index contributed by atoms with van der Waals surface area (Å²) < 4.78 is 14.5. The van der Waals surface area contributed by atoms with E-state index in [-0.39, 0.29) is 5.82 Å². The van der Waals surface area contributed by atoms with Crippen LogP contribution in [0.5, 0.6) is 0 Å². The van der Waals surface area contributed by atoms with Crippen molar-refractivity contribution in [2.45, 2.75) is 77.6 Å². The summed E-state index contributed by atoms with van der Waals surface area (Å²) in [7, 11) is 0. The first kappa shape index (κ1) is 25.4. The summed E-state index contributed by atoms with van der Waals surface area (Å²) >= 11 is 0. The van der Waals surface area contributed by atoms with Crippen molar-refractivity contribution in [3.63, 3.8) is 0 Å². The Bertz CT molecular complexity index is 1060. The molecule has 1 unspecified atom stereocenters. The second-order valence-corrected chi connectivity index (χ2v) is 10.6. The second-order valence-electron chi connectivity index (χ2n) is 10.6. The van der Waals surface area contributed by atoms with E-state index in [1.54, 1.807) is 6.07 Å². The molecule has 35 heavy (non-hydrogen) atoms.